The summed E-state index contributed by atoms with van der Waals surface area (Å²) >= 11 is 1.32. The number of hydrogen-bond acceptors (Lipinski definition) is 6. The van der Waals surface area contributed by atoms with E-state index in [9.17, 15) is 13.2 Å². The maximum absolute atomic E-state index is 12.2. The van der Waals surface area contributed by atoms with Gasteiger partial charge in [0.1, 0.15) is 10.7 Å². The first kappa shape index (κ1) is 17.4. The van der Waals surface area contributed by atoms with Crippen molar-refractivity contribution < 1.29 is 13.2 Å². The minimum absolute atomic E-state index is 0.286. The predicted molar refractivity (Wildman–Crippen MR) is 90.8 cm³/mol. The molecule has 0 bridgehead atoms. The molecule has 1 atom stereocenters. The van der Waals surface area contributed by atoms with Gasteiger partial charge in [0.25, 0.3) is 5.91 Å². The van der Waals surface area contributed by atoms with Gasteiger partial charge in [0.2, 0.25) is 10.0 Å². The van der Waals surface area contributed by atoms with Crippen LogP contribution in [0.2, 0.25) is 0 Å². The highest BCUT2D eigenvalue weighted by atomic mass is 32.2. The third-order valence-electron chi connectivity index (χ3n) is 3.03. The van der Waals surface area contributed by atoms with Crippen molar-refractivity contribution in [2.24, 2.45) is 5.73 Å². The number of hydrogen-bond donors (Lipinski definition) is 3. The second kappa shape index (κ2) is 7.07. The number of rotatable bonds is 6. The van der Waals surface area contributed by atoms with Gasteiger partial charge < -0.3 is 11.1 Å². The molecule has 0 saturated heterocycles. The molecule has 7 nitrogen and oxygen atoms in total. The van der Waals surface area contributed by atoms with Crippen LogP contribution in [-0.2, 0) is 16.6 Å². The topological polar surface area (TPSA) is 114 Å². The first-order chi connectivity index (χ1) is 10.8. The molecular formula is C14H18N4O3S2. The molecule has 1 amide bonds. The summed E-state index contributed by atoms with van der Waals surface area (Å²) in [6.07, 6.45) is 1.08. The summed E-state index contributed by atoms with van der Waals surface area (Å²) < 4.78 is 25.3. The number of benzene rings is 1. The van der Waals surface area contributed by atoms with Crippen LogP contribution in [0.15, 0.2) is 29.6 Å². The smallest absolute Gasteiger partial charge is 0.271 e. The molecule has 9 heteroatoms. The van der Waals surface area contributed by atoms with E-state index >= 15 is 0 Å². The Morgan fingerprint density at radius 1 is 1.39 bits per heavy atom. The van der Waals surface area contributed by atoms with Crippen LogP contribution < -0.4 is 15.8 Å². The van der Waals surface area contributed by atoms with E-state index in [4.69, 9.17) is 5.73 Å². The summed E-state index contributed by atoms with van der Waals surface area (Å²) in [5, 5.41) is 5.13. The Morgan fingerprint density at radius 3 is 2.70 bits per heavy atom. The van der Waals surface area contributed by atoms with Gasteiger partial charge >= 0.3 is 0 Å². The first-order valence-electron chi connectivity index (χ1n) is 6.82. The quantitative estimate of drug-likeness (QED) is 0.727. The van der Waals surface area contributed by atoms with E-state index in [1.54, 1.807) is 36.6 Å². The minimum Gasteiger partial charge on any atom is -0.344 e. The number of sulfonamides is 1. The Hall–Kier alpha value is -1.97. The van der Waals surface area contributed by atoms with E-state index in [1.807, 2.05) is 0 Å². The Labute approximate surface area is 139 Å². The van der Waals surface area contributed by atoms with E-state index in [1.165, 1.54) is 11.3 Å². The molecular weight excluding hydrogens is 336 g/mol. The van der Waals surface area contributed by atoms with Crippen LogP contribution in [0.3, 0.4) is 0 Å². The monoisotopic (exact) mass is 354 g/mol. The highest BCUT2D eigenvalue weighted by molar-refractivity contribution is 7.92. The molecule has 1 aromatic carbocycles. The highest BCUT2D eigenvalue weighted by Crippen LogP contribution is 2.23. The number of nitrogens with zero attached hydrogens (tertiary/aromatic N) is 1. The minimum atomic E-state index is -3.40. The maximum Gasteiger partial charge on any atom is 0.271 e. The average molecular weight is 354 g/mol. The zero-order valence-corrected chi connectivity index (χ0v) is 14.4. The molecule has 0 saturated carbocycles. The Balaban J connectivity index is 2.17. The Bertz CT molecular complexity index is 802. The van der Waals surface area contributed by atoms with Crippen molar-refractivity contribution in [1.82, 2.24) is 10.3 Å². The van der Waals surface area contributed by atoms with Crippen molar-refractivity contribution in [2.45, 2.75) is 19.5 Å². The van der Waals surface area contributed by atoms with Crippen molar-refractivity contribution in [2.75, 3.05) is 11.0 Å². The number of nitrogens with two attached hydrogens (primary N) is 1. The van der Waals surface area contributed by atoms with Gasteiger partial charge in [0.15, 0.2) is 0 Å². The lowest BCUT2D eigenvalue weighted by atomic mass is 10.1. The standard InChI is InChI=1S/C14H18N4O3S2/c1-9(16-14(19)12-8-22-13(7-15)17-12)10-5-3-4-6-11(10)18-23(2,20)21/h3-6,8-9,18H,7,15H2,1-2H3,(H,16,19). The zero-order valence-electron chi connectivity index (χ0n) is 12.7. The maximum atomic E-state index is 12.2. The number of aromatic nitrogens is 1. The van der Waals surface area contributed by atoms with Crippen LogP contribution >= 0.6 is 11.3 Å². The average Bonchev–Trinajstić information content (AvgIpc) is 2.95. The predicted octanol–water partition coefficient (Wildman–Crippen LogP) is 1.46. The van der Waals surface area contributed by atoms with Crippen molar-refractivity contribution in [3.63, 3.8) is 0 Å². The van der Waals surface area contributed by atoms with E-state index in [0.29, 0.717) is 22.0 Å². The van der Waals surface area contributed by atoms with Gasteiger partial charge in [-0.25, -0.2) is 13.4 Å². The fraction of sp³-hybridized carbons (Fsp3) is 0.286. The number of thiazole rings is 1. The van der Waals surface area contributed by atoms with E-state index in [0.717, 1.165) is 6.26 Å². The van der Waals surface area contributed by atoms with Crippen molar-refractivity contribution in [1.29, 1.82) is 0 Å². The normalized spacial score (nSPS) is 12.7. The second-order valence-corrected chi connectivity index (χ2v) is 7.68. The molecule has 0 fully saturated rings. The fourth-order valence-electron chi connectivity index (χ4n) is 2.02. The van der Waals surface area contributed by atoms with Crippen molar-refractivity contribution >= 4 is 33.0 Å². The summed E-state index contributed by atoms with van der Waals surface area (Å²) in [4.78, 5) is 16.3. The molecule has 0 radical (unpaired) electrons. The van der Waals surface area contributed by atoms with Gasteiger partial charge in [-0.2, -0.15) is 0 Å². The number of para-hydroxylation sites is 1. The van der Waals surface area contributed by atoms with Gasteiger partial charge in [-0.3, -0.25) is 9.52 Å². The molecule has 0 spiro atoms. The third-order valence-corrected chi connectivity index (χ3v) is 4.49. The molecule has 1 heterocycles. The summed E-state index contributed by atoms with van der Waals surface area (Å²) in [5.74, 6) is -0.331. The van der Waals surface area contributed by atoms with Crippen LogP contribution in [0.5, 0.6) is 0 Å². The lowest BCUT2D eigenvalue weighted by Gasteiger charge is -2.18. The van der Waals surface area contributed by atoms with Gasteiger partial charge in [-0.1, -0.05) is 18.2 Å². The summed E-state index contributed by atoms with van der Waals surface area (Å²) in [5.41, 5.74) is 6.89. The lowest BCUT2D eigenvalue weighted by molar-refractivity contribution is 0.0935. The lowest BCUT2D eigenvalue weighted by Crippen LogP contribution is -2.28. The second-order valence-electron chi connectivity index (χ2n) is 4.99. The Kier molecular flexibility index (Phi) is 5.34. The summed E-state index contributed by atoms with van der Waals surface area (Å²) in [6.45, 7) is 2.06. The number of nitrogens with one attached hydrogen (secondary N) is 2. The third kappa shape index (κ3) is 4.75. The van der Waals surface area contributed by atoms with E-state index in [2.05, 4.69) is 15.0 Å². The largest absolute Gasteiger partial charge is 0.344 e. The molecule has 0 aliphatic rings. The van der Waals surface area contributed by atoms with Gasteiger partial charge in [0, 0.05) is 11.9 Å². The molecule has 1 aromatic heterocycles. The number of anilines is 1. The summed E-state index contributed by atoms with van der Waals surface area (Å²) in [6, 6.07) is 6.51. The zero-order chi connectivity index (χ0) is 17.0. The molecule has 2 rings (SSSR count). The van der Waals surface area contributed by atoms with Gasteiger partial charge in [-0.05, 0) is 18.6 Å². The molecule has 0 aliphatic carbocycles. The van der Waals surface area contributed by atoms with Crippen LogP contribution in [0.1, 0.15) is 34.0 Å². The number of carbonyl (C=O) groups is 1. The van der Waals surface area contributed by atoms with Crippen molar-refractivity contribution in [3.05, 3.63) is 45.9 Å². The number of amides is 1. The molecule has 23 heavy (non-hydrogen) atoms. The van der Waals surface area contributed by atoms with Crippen LogP contribution in [0.25, 0.3) is 0 Å². The van der Waals surface area contributed by atoms with Gasteiger partial charge in [0.05, 0.1) is 18.0 Å². The van der Waals surface area contributed by atoms with Crippen LogP contribution in [-0.4, -0.2) is 25.6 Å². The highest BCUT2D eigenvalue weighted by Gasteiger charge is 2.17. The van der Waals surface area contributed by atoms with E-state index < -0.39 is 16.1 Å². The van der Waals surface area contributed by atoms with Gasteiger partial charge in [-0.15, -0.1) is 11.3 Å². The van der Waals surface area contributed by atoms with Crippen LogP contribution in [0.4, 0.5) is 5.69 Å². The fourth-order valence-corrected chi connectivity index (χ4v) is 3.26. The molecule has 1 unspecified atom stereocenters. The summed E-state index contributed by atoms with van der Waals surface area (Å²) in [7, 11) is -3.40. The van der Waals surface area contributed by atoms with Crippen LogP contribution in [0, 0.1) is 0 Å². The van der Waals surface area contributed by atoms with Crippen molar-refractivity contribution in [3.8, 4) is 0 Å². The van der Waals surface area contributed by atoms with E-state index in [-0.39, 0.29) is 12.5 Å². The molecule has 2 aromatic rings. The molecule has 124 valence electrons. The Morgan fingerprint density at radius 2 is 2.09 bits per heavy atom. The molecule has 0 aliphatic heterocycles. The first-order valence-corrected chi connectivity index (χ1v) is 9.59. The molecule has 4 N–H and O–H groups in total. The SMILES string of the molecule is CC(NC(=O)c1csc(CN)n1)c1ccccc1NS(C)(=O)=O. The number of carbonyl (C=O) groups excluding carboxylic acids is 1.